The minimum absolute atomic E-state index is 0.200. The van der Waals surface area contributed by atoms with Gasteiger partial charge in [-0.1, -0.05) is 0 Å². The molecule has 1 aliphatic heterocycles. The third kappa shape index (κ3) is 2.59. The van der Waals surface area contributed by atoms with Gasteiger partial charge in [-0.25, -0.2) is 0 Å². The third-order valence-electron chi connectivity index (χ3n) is 3.55. The Labute approximate surface area is 109 Å². The number of hydrogen-bond acceptors (Lipinski definition) is 4. The smallest absolute Gasteiger partial charge is 0.379 e. The first-order chi connectivity index (χ1) is 8.77. The van der Waals surface area contributed by atoms with Crippen LogP contribution in [-0.2, 0) is 13.1 Å². The van der Waals surface area contributed by atoms with Crippen LogP contribution >= 0.6 is 0 Å². The Morgan fingerprint density at radius 1 is 1.37 bits per heavy atom. The van der Waals surface area contributed by atoms with Crippen LogP contribution in [0.1, 0.15) is 25.0 Å². The normalized spacial score (nSPS) is 25.2. The molecule has 108 valence electrons. The molecule has 1 aromatic rings. The number of aryl methyl sites for hydroxylation is 1. The van der Waals surface area contributed by atoms with Crippen LogP contribution in [0.15, 0.2) is 0 Å². The number of likely N-dealkylation sites (tertiary alicyclic amines) is 1. The van der Waals surface area contributed by atoms with E-state index in [1.165, 1.54) is 0 Å². The summed E-state index contributed by atoms with van der Waals surface area (Å²) >= 11 is 0. The molecule has 2 rings (SSSR count). The fraction of sp³-hybridized carbons (Fsp3) is 0.818. The van der Waals surface area contributed by atoms with Crippen LogP contribution < -0.4 is 0 Å². The molecule has 8 heteroatoms. The van der Waals surface area contributed by atoms with Crippen molar-refractivity contribution >= 4 is 0 Å². The van der Waals surface area contributed by atoms with Crippen molar-refractivity contribution in [3.8, 4) is 0 Å². The molecule has 1 saturated heterocycles. The highest BCUT2D eigenvalue weighted by atomic mass is 19.4. The average molecular weight is 278 g/mol. The van der Waals surface area contributed by atoms with Gasteiger partial charge < -0.3 is 9.67 Å². The molecule has 1 N–H and O–H groups in total. The average Bonchev–Trinajstić information content (AvgIpc) is 2.84. The van der Waals surface area contributed by atoms with E-state index in [4.69, 9.17) is 0 Å². The molecule has 1 aliphatic rings. The second-order valence-corrected chi connectivity index (χ2v) is 4.90. The second kappa shape index (κ2) is 4.75. The fourth-order valence-electron chi connectivity index (χ4n) is 2.39. The number of β-amino-alcohol motifs (C(OH)–C–C–N with tert-alkyl or cyclic N) is 1. The lowest BCUT2D eigenvalue weighted by Gasteiger charge is -2.26. The van der Waals surface area contributed by atoms with E-state index in [0.717, 1.165) is 5.82 Å². The Balaban J connectivity index is 2.07. The topological polar surface area (TPSA) is 54.2 Å². The van der Waals surface area contributed by atoms with E-state index in [-0.39, 0.29) is 19.5 Å². The van der Waals surface area contributed by atoms with Gasteiger partial charge in [0, 0.05) is 19.6 Å². The van der Waals surface area contributed by atoms with E-state index in [0.29, 0.717) is 12.4 Å². The van der Waals surface area contributed by atoms with Crippen LogP contribution in [0.3, 0.4) is 0 Å². The molecule has 0 aliphatic carbocycles. The van der Waals surface area contributed by atoms with E-state index in [2.05, 4.69) is 10.2 Å². The molecule has 19 heavy (non-hydrogen) atoms. The number of aliphatic hydroxyl groups is 1. The zero-order valence-corrected chi connectivity index (χ0v) is 10.9. The van der Waals surface area contributed by atoms with Gasteiger partial charge >= 0.3 is 6.18 Å². The summed E-state index contributed by atoms with van der Waals surface area (Å²) in [5.41, 5.74) is -2.60. The molecule has 5 nitrogen and oxygen atoms in total. The van der Waals surface area contributed by atoms with Crippen molar-refractivity contribution in [3.05, 3.63) is 11.6 Å². The predicted molar refractivity (Wildman–Crippen MR) is 61.3 cm³/mol. The Morgan fingerprint density at radius 2 is 2.05 bits per heavy atom. The molecule has 0 radical (unpaired) electrons. The van der Waals surface area contributed by atoms with Gasteiger partial charge in [-0.15, -0.1) is 10.2 Å². The van der Waals surface area contributed by atoms with Crippen LogP contribution in [-0.4, -0.2) is 49.6 Å². The molecule has 1 unspecified atom stereocenters. The van der Waals surface area contributed by atoms with Crippen molar-refractivity contribution in [1.82, 2.24) is 19.7 Å². The lowest BCUT2D eigenvalue weighted by molar-refractivity contribution is -0.254. The first-order valence-electron chi connectivity index (χ1n) is 6.17. The van der Waals surface area contributed by atoms with Gasteiger partial charge in [-0.3, -0.25) is 4.90 Å². The minimum atomic E-state index is -4.59. The Kier molecular flexibility index (Phi) is 3.57. The van der Waals surface area contributed by atoms with Crippen LogP contribution in [0.2, 0.25) is 0 Å². The molecule has 1 fully saturated rings. The number of alkyl halides is 3. The molecule has 0 bridgehead atoms. The first-order valence-corrected chi connectivity index (χ1v) is 6.17. The third-order valence-corrected chi connectivity index (χ3v) is 3.55. The van der Waals surface area contributed by atoms with E-state index < -0.39 is 18.3 Å². The van der Waals surface area contributed by atoms with Crippen molar-refractivity contribution in [1.29, 1.82) is 0 Å². The van der Waals surface area contributed by atoms with Crippen LogP contribution in [0.25, 0.3) is 0 Å². The molecular formula is C11H17F3N4O. The van der Waals surface area contributed by atoms with Gasteiger partial charge in [-0.05, 0) is 20.3 Å². The lowest BCUT2D eigenvalue weighted by Crippen LogP contribution is -2.47. The highest BCUT2D eigenvalue weighted by molar-refractivity contribution is 4.99. The van der Waals surface area contributed by atoms with Crippen LogP contribution in [0.5, 0.6) is 0 Å². The Hall–Kier alpha value is -1.15. The fourth-order valence-corrected chi connectivity index (χ4v) is 2.39. The van der Waals surface area contributed by atoms with E-state index in [1.54, 1.807) is 11.8 Å². The Bertz CT molecular complexity index is 459. The maximum Gasteiger partial charge on any atom is 0.418 e. The van der Waals surface area contributed by atoms with Crippen molar-refractivity contribution in [2.45, 2.75) is 45.1 Å². The SMILES string of the molecule is CCn1c(C)nnc1CN1CCC(O)(C(F)(F)F)C1. The predicted octanol–water partition coefficient (Wildman–Crippen LogP) is 1.11. The van der Waals surface area contributed by atoms with Crippen LogP contribution in [0.4, 0.5) is 13.2 Å². The zero-order chi connectivity index (χ0) is 14.3. The Morgan fingerprint density at radius 3 is 2.58 bits per heavy atom. The highest BCUT2D eigenvalue weighted by Crippen LogP contribution is 2.37. The number of aromatic nitrogens is 3. The highest BCUT2D eigenvalue weighted by Gasteiger charge is 2.56. The standard InChI is InChI=1S/C11H17F3N4O/c1-3-18-8(2)15-16-9(18)6-17-5-4-10(19,7-17)11(12,13)14/h19H,3-7H2,1-2H3. The summed E-state index contributed by atoms with van der Waals surface area (Å²) in [7, 11) is 0. The summed E-state index contributed by atoms with van der Waals surface area (Å²) in [4.78, 5) is 1.56. The molecule has 0 amide bonds. The quantitative estimate of drug-likeness (QED) is 0.899. The summed E-state index contributed by atoms with van der Waals surface area (Å²) in [6.45, 7) is 4.46. The number of rotatable bonds is 3. The molecule has 1 aromatic heterocycles. The lowest BCUT2D eigenvalue weighted by atomic mass is 10.0. The number of halogens is 3. The van der Waals surface area contributed by atoms with Crippen molar-refractivity contribution in [2.24, 2.45) is 0 Å². The summed E-state index contributed by atoms with van der Waals surface area (Å²) in [6, 6.07) is 0. The molecule has 2 heterocycles. The van der Waals surface area contributed by atoms with Crippen molar-refractivity contribution in [3.63, 3.8) is 0 Å². The summed E-state index contributed by atoms with van der Waals surface area (Å²) in [5, 5.41) is 17.5. The van der Waals surface area contributed by atoms with E-state index in [1.807, 2.05) is 11.5 Å². The van der Waals surface area contributed by atoms with Gasteiger partial charge in [-0.2, -0.15) is 13.2 Å². The van der Waals surface area contributed by atoms with Crippen molar-refractivity contribution in [2.75, 3.05) is 13.1 Å². The zero-order valence-electron chi connectivity index (χ0n) is 10.9. The van der Waals surface area contributed by atoms with Crippen molar-refractivity contribution < 1.29 is 18.3 Å². The van der Waals surface area contributed by atoms with Gasteiger partial charge in [0.2, 0.25) is 0 Å². The molecule has 1 atom stereocenters. The summed E-state index contributed by atoms with van der Waals surface area (Å²) < 4.78 is 39.9. The molecule has 0 spiro atoms. The summed E-state index contributed by atoms with van der Waals surface area (Å²) in [6.07, 6.45) is -4.88. The molecule has 0 saturated carbocycles. The number of hydrogen-bond donors (Lipinski definition) is 1. The maximum absolute atomic E-state index is 12.7. The second-order valence-electron chi connectivity index (χ2n) is 4.90. The van der Waals surface area contributed by atoms with E-state index >= 15 is 0 Å². The largest absolute Gasteiger partial charge is 0.418 e. The minimum Gasteiger partial charge on any atom is -0.379 e. The van der Waals surface area contributed by atoms with Gasteiger partial charge in [0.25, 0.3) is 0 Å². The van der Waals surface area contributed by atoms with Gasteiger partial charge in [0.15, 0.2) is 5.60 Å². The summed E-state index contributed by atoms with van der Waals surface area (Å²) in [5.74, 6) is 1.37. The molecule has 0 aromatic carbocycles. The monoisotopic (exact) mass is 278 g/mol. The van der Waals surface area contributed by atoms with E-state index in [9.17, 15) is 18.3 Å². The number of nitrogens with zero attached hydrogens (tertiary/aromatic N) is 4. The van der Waals surface area contributed by atoms with Gasteiger partial charge in [0.05, 0.1) is 6.54 Å². The maximum atomic E-state index is 12.7. The first kappa shape index (κ1) is 14.3. The molecular weight excluding hydrogens is 261 g/mol. The van der Waals surface area contributed by atoms with Crippen LogP contribution in [0, 0.1) is 6.92 Å². The van der Waals surface area contributed by atoms with Gasteiger partial charge in [0.1, 0.15) is 11.6 Å².